The molecule has 20 heavy (non-hydrogen) atoms. The highest BCUT2D eigenvalue weighted by atomic mass is 35.5. The second kappa shape index (κ2) is 6.57. The molecule has 0 radical (unpaired) electrons. The van der Waals surface area contributed by atoms with E-state index in [1.54, 1.807) is 0 Å². The van der Waals surface area contributed by atoms with E-state index >= 15 is 0 Å². The highest BCUT2D eigenvalue weighted by Crippen LogP contribution is 2.19. The van der Waals surface area contributed by atoms with Gasteiger partial charge in [-0.3, -0.25) is 0 Å². The van der Waals surface area contributed by atoms with Crippen molar-refractivity contribution < 1.29 is 0 Å². The van der Waals surface area contributed by atoms with E-state index in [2.05, 4.69) is 22.2 Å². The minimum absolute atomic E-state index is 0.539. The number of halogens is 1. The van der Waals surface area contributed by atoms with Crippen molar-refractivity contribution in [1.82, 2.24) is 9.97 Å². The van der Waals surface area contributed by atoms with Crippen LogP contribution < -0.4 is 11.1 Å². The molecule has 5 heteroatoms. The van der Waals surface area contributed by atoms with Gasteiger partial charge in [0.05, 0.1) is 0 Å². The van der Waals surface area contributed by atoms with Gasteiger partial charge in [-0.25, -0.2) is 9.97 Å². The minimum Gasteiger partial charge on any atom is -0.383 e. The number of rotatable bonds is 5. The van der Waals surface area contributed by atoms with Gasteiger partial charge in [-0.05, 0) is 31.0 Å². The van der Waals surface area contributed by atoms with Gasteiger partial charge in [0.25, 0.3) is 0 Å². The normalized spacial score (nSPS) is 10.6. The van der Waals surface area contributed by atoms with Gasteiger partial charge in [-0.2, -0.15) is 0 Å². The molecule has 2 aromatic rings. The van der Waals surface area contributed by atoms with E-state index in [1.807, 2.05) is 31.2 Å². The minimum atomic E-state index is 0.539. The van der Waals surface area contributed by atoms with E-state index in [1.165, 1.54) is 0 Å². The van der Waals surface area contributed by atoms with Crippen molar-refractivity contribution in [2.24, 2.45) is 0 Å². The summed E-state index contributed by atoms with van der Waals surface area (Å²) in [7, 11) is 0. The number of aryl methyl sites for hydroxylation is 1. The Morgan fingerprint density at radius 3 is 2.80 bits per heavy atom. The molecule has 0 saturated heterocycles. The van der Waals surface area contributed by atoms with Crippen LogP contribution in [0.5, 0.6) is 0 Å². The number of nitrogens with two attached hydrogens (primary N) is 1. The maximum absolute atomic E-state index is 5.98. The second-order valence-electron chi connectivity index (χ2n) is 4.73. The molecule has 4 nitrogen and oxygen atoms in total. The fraction of sp³-hybridized carbons (Fsp3) is 0.333. The molecule has 0 aliphatic rings. The third-order valence-corrected chi connectivity index (χ3v) is 3.29. The van der Waals surface area contributed by atoms with Crippen molar-refractivity contribution in [2.45, 2.75) is 33.2 Å². The highest BCUT2D eigenvalue weighted by molar-refractivity contribution is 6.30. The number of aromatic nitrogens is 2. The van der Waals surface area contributed by atoms with E-state index in [0.717, 1.165) is 40.6 Å². The summed E-state index contributed by atoms with van der Waals surface area (Å²) in [6.45, 7) is 4.67. The Kier molecular flexibility index (Phi) is 4.79. The predicted molar refractivity (Wildman–Crippen MR) is 84.0 cm³/mol. The van der Waals surface area contributed by atoms with Gasteiger partial charge >= 0.3 is 0 Å². The van der Waals surface area contributed by atoms with Crippen LogP contribution in [-0.4, -0.2) is 9.97 Å². The lowest BCUT2D eigenvalue weighted by Crippen LogP contribution is -2.09. The van der Waals surface area contributed by atoms with Crippen molar-refractivity contribution in [3.63, 3.8) is 0 Å². The third kappa shape index (κ3) is 3.61. The molecule has 0 aliphatic heterocycles. The first kappa shape index (κ1) is 14.6. The van der Waals surface area contributed by atoms with Gasteiger partial charge < -0.3 is 11.1 Å². The molecule has 3 N–H and O–H groups in total. The van der Waals surface area contributed by atoms with Crippen LogP contribution in [0.3, 0.4) is 0 Å². The Balaban J connectivity index is 2.16. The molecular formula is C15H19ClN4. The molecule has 0 unspecified atom stereocenters. The van der Waals surface area contributed by atoms with Crippen molar-refractivity contribution in [3.8, 4) is 0 Å². The fourth-order valence-electron chi connectivity index (χ4n) is 1.92. The van der Waals surface area contributed by atoms with E-state index in [4.69, 9.17) is 17.3 Å². The number of nitrogens with zero attached hydrogens (tertiary/aromatic N) is 2. The fourth-order valence-corrected chi connectivity index (χ4v) is 2.14. The summed E-state index contributed by atoms with van der Waals surface area (Å²) >= 11 is 5.98. The first-order valence-electron chi connectivity index (χ1n) is 6.71. The van der Waals surface area contributed by atoms with Crippen LogP contribution in [0.2, 0.25) is 5.02 Å². The molecule has 106 valence electrons. The highest BCUT2D eigenvalue weighted by Gasteiger charge is 2.08. The number of nitrogen functional groups attached to an aromatic ring is 1. The van der Waals surface area contributed by atoms with Gasteiger partial charge in [0.15, 0.2) is 0 Å². The van der Waals surface area contributed by atoms with E-state index in [0.29, 0.717) is 12.4 Å². The Morgan fingerprint density at radius 2 is 2.10 bits per heavy atom. The SMILES string of the molecule is CCCc1nc(N)c(C)c(NCc2cccc(Cl)c2)n1. The standard InChI is InChI=1S/C15H19ClN4/c1-3-5-13-19-14(17)10(2)15(20-13)18-9-11-6-4-7-12(16)8-11/h4,6-8H,3,5,9H2,1-2H3,(H3,17,18,19,20). The summed E-state index contributed by atoms with van der Waals surface area (Å²) in [5.41, 5.74) is 7.92. The van der Waals surface area contributed by atoms with Crippen LogP contribution in [0.25, 0.3) is 0 Å². The Labute approximate surface area is 124 Å². The summed E-state index contributed by atoms with van der Waals surface area (Å²) in [4.78, 5) is 8.82. The van der Waals surface area contributed by atoms with Crippen LogP contribution in [0.15, 0.2) is 24.3 Å². The maximum Gasteiger partial charge on any atom is 0.135 e. The predicted octanol–water partition coefficient (Wildman–Crippen LogP) is 3.59. The number of hydrogen-bond donors (Lipinski definition) is 2. The quantitative estimate of drug-likeness (QED) is 0.883. The number of anilines is 2. The molecule has 0 bridgehead atoms. The number of nitrogens with one attached hydrogen (secondary N) is 1. The van der Waals surface area contributed by atoms with Gasteiger partial charge in [-0.15, -0.1) is 0 Å². The summed E-state index contributed by atoms with van der Waals surface area (Å²) in [6.07, 6.45) is 1.83. The van der Waals surface area contributed by atoms with Crippen LogP contribution in [-0.2, 0) is 13.0 Å². The van der Waals surface area contributed by atoms with E-state index in [9.17, 15) is 0 Å². The second-order valence-corrected chi connectivity index (χ2v) is 5.17. The zero-order valence-corrected chi connectivity index (χ0v) is 12.5. The van der Waals surface area contributed by atoms with E-state index < -0.39 is 0 Å². The topological polar surface area (TPSA) is 63.8 Å². The first-order chi connectivity index (χ1) is 9.60. The van der Waals surface area contributed by atoms with Gasteiger partial charge in [0.1, 0.15) is 17.5 Å². The van der Waals surface area contributed by atoms with Crippen LogP contribution in [0.1, 0.15) is 30.3 Å². The first-order valence-corrected chi connectivity index (χ1v) is 7.09. The Hall–Kier alpha value is -1.81. The lowest BCUT2D eigenvalue weighted by atomic mass is 10.2. The molecular weight excluding hydrogens is 272 g/mol. The third-order valence-electron chi connectivity index (χ3n) is 3.05. The molecule has 0 atom stereocenters. The lowest BCUT2D eigenvalue weighted by Gasteiger charge is -2.12. The molecule has 1 heterocycles. The maximum atomic E-state index is 5.98. The van der Waals surface area contributed by atoms with Gasteiger partial charge in [0.2, 0.25) is 0 Å². The monoisotopic (exact) mass is 290 g/mol. The zero-order chi connectivity index (χ0) is 14.5. The molecule has 0 amide bonds. The summed E-state index contributed by atoms with van der Waals surface area (Å²) < 4.78 is 0. The molecule has 2 rings (SSSR count). The molecule has 0 spiro atoms. The summed E-state index contributed by atoms with van der Waals surface area (Å²) in [6, 6.07) is 7.74. The average molecular weight is 291 g/mol. The van der Waals surface area contributed by atoms with Crippen LogP contribution >= 0.6 is 11.6 Å². The van der Waals surface area contributed by atoms with E-state index in [-0.39, 0.29) is 0 Å². The van der Waals surface area contributed by atoms with Crippen LogP contribution in [0, 0.1) is 6.92 Å². The van der Waals surface area contributed by atoms with Crippen LogP contribution in [0.4, 0.5) is 11.6 Å². The average Bonchev–Trinajstić information content (AvgIpc) is 2.41. The van der Waals surface area contributed by atoms with Crippen molar-refractivity contribution in [2.75, 3.05) is 11.1 Å². The Morgan fingerprint density at radius 1 is 1.30 bits per heavy atom. The molecule has 0 aliphatic carbocycles. The summed E-state index contributed by atoms with van der Waals surface area (Å²) in [5, 5.41) is 4.04. The van der Waals surface area contributed by atoms with Crippen molar-refractivity contribution in [1.29, 1.82) is 0 Å². The zero-order valence-electron chi connectivity index (χ0n) is 11.8. The largest absolute Gasteiger partial charge is 0.383 e. The molecule has 1 aromatic carbocycles. The molecule has 0 fully saturated rings. The Bertz CT molecular complexity index is 598. The smallest absolute Gasteiger partial charge is 0.135 e. The summed E-state index contributed by atoms with van der Waals surface area (Å²) in [5.74, 6) is 2.11. The lowest BCUT2D eigenvalue weighted by molar-refractivity contribution is 0.833. The number of hydrogen-bond acceptors (Lipinski definition) is 4. The molecule has 1 aromatic heterocycles. The van der Waals surface area contributed by atoms with Crippen molar-refractivity contribution >= 4 is 23.2 Å². The van der Waals surface area contributed by atoms with Crippen molar-refractivity contribution in [3.05, 3.63) is 46.2 Å². The van der Waals surface area contributed by atoms with Gasteiger partial charge in [-0.1, -0.05) is 30.7 Å². The molecule has 0 saturated carbocycles. The number of benzene rings is 1. The van der Waals surface area contributed by atoms with Gasteiger partial charge in [0, 0.05) is 23.6 Å².